The molecule has 12 heteroatoms. The van der Waals surface area contributed by atoms with Crippen LogP contribution in [0.5, 0.6) is 0 Å². The van der Waals surface area contributed by atoms with Crippen molar-refractivity contribution in [2.24, 2.45) is 5.73 Å². The number of carbonyl (C=O) groups excluding carboxylic acids is 4. The van der Waals surface area contributed by atoms with Gasteiger partial charge in [-0.2, -0.15) is 0 Å². The summed E-state index contributed by atoms with van der Waals surface area (Å²) < 4.78 is 13.1. The van der Waals surface area contributed by atoms with Crippen molar-refractivity contribution < 1.29 is 28.7 Å². The molecule has 0 unspecified atom stereocenters. The van der Waals surface area contributed by atoms with Crippen LogP contribution >= 0.6 is 11.8 Å². The third-order valence-electron chi connectivity index (χ3n) is 5.24. The molecule has 3 atom stereocenters. The monoisotopic (exact) mass is 618 g/mol. The summed E-state index contributed by atoms with van der Waals surface area (Å²) in [6.45, 7) is 5.73. The molecule has 5 N–H and O–H groups in total. The summed E-state index contributed by atoms with van der Waals surface area (Å²) in [6, 6.07) is 7.02. The first-order valence-corrected chi connectivity index (χ1v) is 15.7. The minimum atomic E-state index is -0.866. The Balaban J connectivity index is 2.90. The molecule has 0 radical (unpaired) electrons. The molecule has 1 aromatic carbocycles. The molecule has 10 nitrogen and oxygen atoms in total. The SMILES string of the molecule is COC(=O)[C@H](Cc1ccccc1)NC(=O)[C@H](CCSC)N[Se]C(=O)[C@H](CCCCN)NC(=O)OC(C)(C)C. The van der Waals surface area contributed by atoms with E-state index in [1.807, 2.05) is 36.6 Å². The van der Waals surface area contributed by atoms with Crippen molar-refractivity contribution in [2.45, 2.75) is 76.6 Å². The first-order valence-electron chi connectivity index (χ1n) is 12.6. The van der Waals surface area contributed by atoms with Crippen LogP contribution in [0.2, 0.25) is 0 Å². The molecule has 0 fully saturated rings. The number of methoxy groups -OCH3 is 1. The summed E-state index contributed by atoms with van der Waals surface area (Å²) in [6.07, 6.45) is 3.79. The van der Waals surface area contributed by atoms with Gasteiger partial charge < -0.3 is 0 Å². The summed E-state index contributed by atoms with van der Waals surface area (Å²) in [5.41, 5.74) is 5.77. The quantitative estimate of drug-likeness (QED) is 0.117. The molecule has 0 heterocycles. The fourth-order valence-corrected chi connectivity index (χ4v) is 5.48. The Morgan fingerprint density at radius 3 is 2.26 bits per heavy atom. The second-order valence-corrected chi connectivity index (χ2v) is 12.4. The van der Waals surface area contributed by atoms with Gasteiger partial charge in [0.05, 0.1) is 0 Å². The van der Waals surface area contributed by atoms with Gasteiger partial charge in [0.1, 0.15) is 0 Å². The first-order chi connectivity index (χ1) is 18.0. The molecule has 1 rings (SSSR count). The maximum atomic E-state index is 13.2. The van der Waals surface area contributed by atoms with Gasteiger partial charge in [0.15, 0.2) is 0 Å². The van der Waals surface area contributed by atoms with Crippen molar-refractivity contribution >= 4 is 49.6 Å². The molecule has 2 amide bonds. The van der Waals surface area contributed by atoms with Gasteiger partial charge in [-0.3, -0.25) is 0 Å². The van der Waals surface area contributed by atoms with Crippen LogP contribution in [-0.4, -0.2) is 87.2 Å². The second-order valence-electron chi connectivity index (χ2n) is 9.63. The van der Waals surface area contributed by atoms with Gasteiger partial charge in [0, 0.05) is 0 Å². The average Bonchev–Trinajstić information content (AvgIpc) is 2.86. The van der Waals surface area contributed by atoms with Crippen molar-refractivity contribution in [1.29, 1.82) is 0 Å². The van der Waals surface area contributed by atoms with Crippen LogP contribution < -0.4 is 20.7 Å². The Labute approximate surface area is 236 Å². The first kappa shape index (κ1) is 33.9. The number of amides is 2. The number of esters is 1. The van der Waals surface area contributed by atoms with Crippen LogP contribution in [0.15, 0.2) is 30.3 Å². The second kappa shape index (κ2) is 18.2. The zero-order valence-corrected chi connectivity index (χ0v) is 25.4. The van der Waals surface area contributed by atoms with Crippen molar-refractivity contribution in [3.63, 3.8) is 0 Å². The maximum absolute atomic E-state index is 13.2. The molecule has 0 aliphatic rings. The van der Waals surface area contributed by atoms with E-state index in [1.54, 1.807) is 32.5 Å². The Morgan fingerprint density at radius 2 is 1.68 bits per heavy atom. The molecule has 0 aliphatic carbocycles. The number of hydrogen-bond acceptors (Lipinski definition) is 9. The van der Waals surface area contributed by atoms with E-state index in [1.165, 1.54) is 7.11 Å². The van der Waals surface area contributed by atoms with E-state index < -0.39 is 51.0 Å². The molecule has 0 saturated carbocycles. The van der Waals surface area contributed by atoms with Crippen LogP contribution in [0, 0.1) is 0 Å². The number of ether oxygens (including phenoxy) is 2. The molecule has 1 aromatic rings. The predicted molar refractivity (Wildman–Crippen MR) is 151 cm³/mol. The van der Waals surface area contributed by atoms with Crippen molar-refractivity contribution in [2.75, 3.05) is 25.7 Å². The van der Waals surface area contributed by atoms with E-state index in [0.717, 1.165) is 12.0 Å². The topological polar surface area (TPSA) is 149 Å². The van der Waals surface area contributed by atoms with Gasteiger partial charge in [0.2, 0.25) is 0 Å². The normalized spacial score (nSPS) is 13.6. The molecule has 0 spiro atoms. The zero-order chi connectivity index (χ0) is 28.6. The van der Waals surface area contributed by atoms with Gasteiger partial charge in [-0.15, -0.1) is 0 Å². The third kappa shape index (κ3) is 14.2. The Bertz CT molecular complexity index is 884. The third-order valence-corrected chi connectivity index (χ3v) is 7.74. The summed E-state index contributed by atoms with van der Waals surface area (Å²) >= 11 is 0.756. The van der Waals surface area contributed by atoms with Gasteiger partial charge >= 0.3 is 237 Å². The number of nitrogens with two attached hydrogens (primary N) is 1. The van der Waals surface area contributed by atoms with E-state index in [9.17, 15) is 19.2 Å². The molecule has 0 bridgehead atoms. The van der Waals surface area contributed by atoms with E-state index in [2.05, 4.69) is 15.0 Å². The van der Waals surface area contributed by atoms with Gasteiger partial charge in [0.25, 0.3) is 0 Å². The Morgan fingerprint density at radius 1 is 1.00 bits per heavy atom. The number of alkyl carbamates (subject to hydrolysis) is 1. The Hall–Kier alpha value is -2.11. The van der Waals surface area contributed by atoms with Crippen LogP contribution in [0.1, 0.15) is 52.0 Å². The zero-order valence-electron chi connectivity index (χ0n) is 22.9. The van der Waals surface area contributed by atoms with E-state index in [4.69, 9.17) is 15.2 Å². The van der Waals surface area contributed by atoms with Crippen molar-refractivity contribution in [3.05, 3.63) is 35.9 Å². The van der Waals surface area contributed by atoms with Gasteiger partial charge in [-0.25, -0.2) is 0 Å². The fraction of sp³-hybridized carbons (Fsp3) is 0.615. The van der Waals surface area contributed by atoms with Crippen LogP contribution in [0.3, 0.4) is 0 Å². The number of hydrogen-bond donors (Lipinski definition) is 4. The molecule has 214 valence electrons. The molecule has 0 aromatic heterocycles. The number of carbonyl (C=O) groups is 4. The fourth-order valence-electron chi connectivity index (χ4n) is 3.33. The summed E-state index contributed by atoms with van der Waals surface area (Å²) in [4.78, 5) is 51.0. The standard InChI is InChI=1S/C26H42N4O6SSe/c1-26(2,3)36-25(34)29-20(13-9-10-15-27)24(33)38-30-19(14-16-37-5)22(31)28-21(23(32)35-4)17-18-11-7-6-8-12-18/h6-8,11-12,19-21,30H,9-10,13-17,27H2,1-5H3,(H,28,31)(H,29,34)/t19-,20-,21-/m0/s1. The molecule has 38 heavy (non-hydrogen) atoms. The number of nitrogens with one attached hydrogen (secondary N) is 3. The minimum absolute atomic E-state index is 0.212. The van der Waals surface area contributed by atoms with Crippen molar-refractivity contribution in [1.82, 2.24) is 15.0 Å². The molecule has 0 saturated heterocycles. The van der Waals surface area contributed by atoms with Gasteiger partial charge in [-0.05, 0) is 0 Å². The number of benzene rings is 1. The summed E-state index contributed by atoms with van der Waals surface area (Å²) in [5, 5.41) is 5.46. The predicted octanol–water partition coefficient (Wildman–Crippen LogP) is 1.77. The average molecular weight is 618 g/mol. The van der Waals surface area contributed by atoms with Crippen LogP contribution in [-0.2, 0) is 30.3 Å². The summed E-state index contributed by atoms with van der Waals surface area (Å²) in [7, 11) is 1.28. The van der Waals surface area contributed by atoms with E-state index >= 15 is 0 Å². The Kier molecular flexibility index (Phi) is 16.3. The molecular weight excluding hydrogens is 575 g/mol. The number of rotatable bonds is 17. The molecular formula is C26H42N4O6SSe. The number of unbranched alkanes of at least 4 members (excludes halogenated alkanes) is 1. The van der Waals surface area contributed by atoms with Crippen LogP contribution in [0.25, 0.3) is 0 Å². The summed E-state index contributed by atoms with van der Waals surface area (Å²) in [5.74, 6) is -0.263. The van der Waals surface area contributed by atoms with Crippen LogP contribution in [0.4, 0.5) is 4.79 Å². The van der Waals surface area contributed by atoms with Crippen molar-refractivity contribution in [3.8, 4) is 0 Å². The number of thioether (sulfide) groups is 1. The van der Waals surface area contributed by atoms with E-state index in [-0.39, 0.29) is 17.0 Å². The van der Waals surface area contributed by atoms with Gasteiger partial charge in [-0.1, -0.05) is 0 Å². The van der Waals surface area contributed by atoms with E-state index in [0.29, 0.717) is 31.6 Å². The molecule has 0 aliphatic heterocycles.